The van der Waals surface area contributed by atoms with Crippen molar-refractivity contribution in [2.24, 2.45) is 4.99 Å². The fourth-order valence-corrected chi connectivity index (χ4v) is 2.65. The number of hydrogen-bond donors (Lipinski definition) is 0. The fourth-order valence-electron chi connectivity index (χ4n) is 2.65. The molecule has 0 unspecified atom stereocenters. The van der Waals surface area contributed by atoms with Gasteiger partial charge in [-0.2, -0.15) is 0 Å². The second-order valence-corrected chi connectivity index (χ2v) is 6.22. The number of rotatable bonds is 4. The summed E-state index contributed by atoms with van der Waals surface area (Å²) in [5, 5.41) is 0. The van der Waals surface area contributed by atoms with Gasteiger partial charge in [0.25, 0.3) is 0 Å². The van der Waals surface area contributed by atoms with Crippen molar-refractivity contribution in [1.29, 1.82) is 0 Å². The van der Waals surface area contributed by atoms with E-state index < -0.39 is 0 Å². The first-order valence-electron chi connectivity index (χ1n) is 7.50. The molecular weight excluding hydrogens is 274 g/mol. The van der Waals surface area contributed by atoms with Gasteiger partial charge in [-0.1, -0.05) is 30.3 Å². The Morgan fingerprint density at radius 3 is 2.59 bits per heavy atom. The SMILES string of the molecule is COc1cc2c(cc1OCc1ccccc1)CC(C)(C)N=C2. The van der Waals surface area contributed by atoms with Crippen LogP contribution in [0.1, 0.15) is 30.5 Å². The van der Waals surface area contributed by atoms with Crippen molar-refractivity contribution in [2.45, 2.75) is 32.4 Å². The van der Waals surface area contributed by atoms with Gasteiger partial charge in [-0.15, -0.1) is 0 Å². The van der Waals surface area contributed by atoms with Crippen LogP contribution in [0.25, 0.3) is 0 Å². The first kappa shape index (κ1) is 14.6. The summed E-state index contributed by atoms with van der Waals surface area (Å²) < 4.78 is 11.4. The third-order valence-corrected chi connectivity index (χ3v) is 3.84. The molecule has 3 heteroatoms. The molecule has 1 aliphatic rings. The van der Waals surface area contributed by atoms with Crippen LogP contribution in [-0.2, 0) is 13.0 Å². The molecule has 1 aliphatic heterocycles. The molecule has 0 atom stereocenters. The number of hydrogen-bond acceptors (Lipinski definition) is 3. The van der Waals surface area contributed by atoms with Gasteiger partial charge in [0, 0.05) is 6.21 Å². The van der Waals surface area contributed by atoms with Gasteiger partial charge in [-0.3, -0.25) is 4.99 Å². The van der Waals surface area contributed by atoms with Crippen molar-refractivity contribution >= 4 is 6.21 Å². The predicted octanol–water partition coefficient (Wildman–Crippen LogP) is 4.03. The van der Waals surface area contributed by atoms with Gasteiger partial charge in [-0.05, 0) is 49.1 Å². The molecule has 2 aromatic carbocycles. The average Bonchev–Trinajstić information content (AvgIpc) is 2.52. The van der Waals surface area contributed by atoms with Crippen molar-refractivity contribution < 1.29 is 9.47 Å². The Morgan fingerprint density at radius 1 is 1.09 bits per heavy atom. The number of benzene rings is 2. The van der Waals surface area contributed by atoms with E-state index in [-0.39, 0.29) is 5.54 Å². The quantitative estimate of drug-likeness (QED) is 0.852. The Hall–Kier alpha value is -2.29. The highest BCUT2D eigenvalue weighted by Gasteiger charge is 2.23. The minimum Gasteiger partial charge on any atom is -0.493 e. The lowest BCUT2D eigenvalue weighted by Gasteiger charge is -2.26. The lowest BCUT2D eigenvalue weighted by molar-refractivity contribution is 0.284. The molecule has 3 rings (SSSR count). The Balaban J connectivity index is 1.86. The van der Waals surface area contributed by atoms with Crippen LogP contribution in [0, 0.1) is 0 Å². The monoisotopic (exact) mass is 295 g/mol. The molecule has 0 saturated heterocycles. The molecule has 3 nitrogen and oxygen atoms in total. The van der Waals surface area contributed by atoms with E-state index in [9.17, 15) is 0 Å². The molecule has 1 heterocycles. The summed E-state index contributed by atoms with van der Waals surface area (Å²) in [6, 6.07) is 14.2. The highest BCUT2D eigenvalue weighted by Crippen LogP contribution is 2.34. The number of methoxy groups -OCH3 is 1. The lowest BCUT2D eigenvalue weighted by atomic mass is 9.89. The summed E-state index contributed by atoms with van der Waals surface area (Å²) in [5.74, 6) is 1.54. The summed E-state index contributed by atoms with van der Waals surface area (Å²) in [4.78, 5) is 4.58. The van der Waals surface area contributed by atoms with Gasteiger partial charge in [0.1, 0.15) is 6.61 Å². The van der Waals surface area contributed by atoms with Crippen molar-refractivity contribution in [3.63, 3.8) is 0 Å². The summed E-state index contributed by atoms with van der Waals surface area (Å²) in [5.41, 5.74) is 3.45. The Labute approximate surface area is 131 Å². The molecular formula is C19H21NO2. The highest BCUT2D eigenvalue weighted by molar-refractivity contribution is 5.85. The Morgan fingerprint density at radius 2 is 1.86 bits per heavy atom. The summed E-state index contributed by atoms with van der Waals surface area (Å²) in [7, 11) is 1.67. The van der Waals surface area contributed by atoms with E-state index in [0.717, 1.165) is 29.0 Å². The zero-order valence-electron chi connectivity index (χ0n) is 13.3. The largest absolute Gasteiger partial charge is 0.493 e. The van der Waals surface area contributed by atoms with E-state index in [1.165, 1.54) is 5.56 Å². The first-order chi connectivity index (χ1) is 10.6. The van der Waals surface area contributed by atoms with Crippen molar-refractivity contribution in [1.82, 2.24) is 0 Å². The summed E-state index contributed by atoms with van der Waals surface area (Å²) >= 11 is 0. The minimum absolute atomic E-state index is 0.0573. The number of fused-ring (bicyclic) bond motifs is 1. The summed E-state index contributed by atoms with van der Waals surface area (Å²) in [6.07, 6.45) is 2.84. The van der Waals surface area contributed by atoms with Crippen LogP contribution in [0.15, 0.2) is 47.5 Å². The Kier molecular flexibility index (Phi) is 3.88. The standard InChI is InChI=1S/C19H21NO2/c1-19(2)11-15-9-18(17(21-3)10-16(15)12-20-19)22-13-14-7-5-4-6-8-14/h4-10,12H,11,13H2,1-3H3. The van der Waals surface area contributed by atoms with E-state index in [0.29, 0.717) is 6.61 Å². The van der Waals surface area contributed by atoms with Crippen molar-refractivity contribution in [3.8, 4) is 11.5 Å². The minimum atomic E-state index is -0.0573. The van der Waals surface area contributed by atoms with E-state index >= 15 is 0 Å². The maximum Gasteiger partial charge on any atom is 0.161 e. The van der Waals surface area contributed by atoms with E-state index in [1.807, 2.05) is 30.5 Å². The number of aliphatic imine (C=N–C) groups is 1. The molecule has 114 valence electrons. The van der Waals surface area contributed by atoms with Gasteiger partial charge < -0.3 is 9.47 Å². The van der Waals surface area contributed by atoms with Crippen LogP contribution in [-0.4, -0.2) is 18.9 Å². The maximum absolute atomic E-state index is 5.98. The normalized spacial score (nSPS) is 15.2. The second-order valence-electron chi connectivity index (χ2n) is 6.22. The molecule has 0 spiro atoms. The van der Waals surface area contributed by atoms with E-state index in [2.05, 4.69) is 37.0 Å². The molecule has 0 aliphatic carbocycles. The molecule has 2 aromatic rings. The first-order valence-corrected chi connectivity index (χ1v) is 7.50. The second kappa shape index (κ2) is 5.84. The predicted molar refractivity (Wildman–Crippen MR) is 89.1 cm³/mol. The summed E-state index contributed by atoms with van der Waals surface area (Å²) in [6.45, 7) is 4.82. The van der Waals surface area contributed by atoms with Crippen LogP contribution >= 0.6 is 0 Å². The fraction of sp³-hybridized carbons (Fsp3) is 0.316. The highest BCUT2D eigenvalue weighted by atomic mass is 16.5. The third kappa shape index (κ3) is 3.14. The van der Waals surface area contributed by atoms with E-state index in [4.69, 9.17) is 9.47 Å². The van der Waals surface area contributed by atoms with Crippen LogP contribution < -0.4 is 9.47 Å². The third-order valence-electron chi connectivity index (χ3n) is 3.84. The molecule has 0 radical (unpaired) electrons. The van der Waals surface area contributed by atoms with Gasteiger partial charge >= 0.3 is 0 Å². The van der Waals surface area contributed by atoms with E-state index in [1.54, 1.807) is 7.11 Å². The van der Waals surface area contributed by atoms with Crippen LogP contribution in [0.4, 0.5) is 0 Å². The van der Waals surface area contributed by atoms with Crippen LogP contribution in [0.2, 0.25) is 0 Å². The smallest absolute Gasteiger partial charge is 0.161 e. The molecule has 0 saturated carbocycles. The van der Waals surface area contributed by atoms with Gasteiger partial charge in [0.05, 0.1) is 12.6 Å². The lowest BCUT2D eigenvalue weighted by Crippen LogP contribution is -2.25. The van der Waals surface area contributed by atoms with Gasteiger partial charge in [0.15, 0.2) is 11.5 Å². The molecule has 0 amide bonds. The van der Waals surface area contributed by atoms with Gasteiger partial charge in [0.2, 0.25) is 0 Å². The van der Waals surface area contributed by atoms with Crippen LogP contribution in [0.3, 0.4) is 0 Å². The molecule has 0 N–H and O–H groups in total. The topological polar surface area (TPSA) is 30.8 Å². The van der Waals surface area contributed by atoms with Crippen molar-refractivity contribution in [2.75, 3.05) is 7.11 Å². The Bertz CT molecular complexity index is 690. The molecule has 0 aromatic heterocycles. The number of nitrogens with zero attached hydrogens (tertiary/aromatic N) is 1. The maximum atomic E-state index is 5.98. The molecule has 0 bridgehead atoms. The van der Waals surface area contributed by atoms with Crippen LogP contribution in [0.5, 0.6) is 11.5 Å². The number of ether oxygens (including phenoxy) is 2. The molecule has 22 heavy (non-hydrogen) atoms. The van der Waals surface area contributed by atoms with Gasteiger partial charge in [-0.25, -0.2) is 0 Å². The van der Waals surface area contributed by atoms with Crippen molar-refractivity contribution in [3.05, 3.63) is 59.2 Å². The zero-order chi connectivity index (χ0) is 15.6. The average molecular weight is 295 g/mol. The zero-order valence-corrected chi connectivity index (χ0v) is 13.3. The molecule has 0 fully saturated rings.